The zero-order chi connectivity index (χ0) is 11.9. The molecule has 0 fully saturated rings. The van der Waals surface area contributed by atoms with Crippen molar-refractivity contribution < 1.29 is 24.2 Å². The van der Waals surface area contributed by atoms with Crippen molar-refractivity contribution in [3.63, 3.8) is 0 Å². The number of aliphatic hydroxyl groups excluding tert-OH is 1. The molecule has 0 aromatic heterocycles. The van der Waals surface area contributed by atoms with Crippen LogP contribution in [0.25, 0.3) is 0 Å². The van der Waals surface area contributed by atoms with Crippen LogP contribution in [0, 0.1) is 0 Å². The Bertz CT molecular complexity index is 225. The number of hydrogen-bond donors (Lipinski definition) is 2. The minimum absolute atomic E-state index is 0.0132. The molecular formula is C10H20NO4+. The molecule has 0 bridgehead atoms. The number of hydrogen-bond acceptors (Lipinski definition) is 3. The van der Waals surface area contributed by atoms with Gasteiger partial charge in [0, 0.05) is 0 Å². The minimum atomic E-state index is -0.874. The summed E-state index contributed by atoms with van der Waals surface area (Å²) >= 11 is 0. The van der Waals surface area contributed by atoms with E-state index in [0.717, 1.165) is 0 Å². The van der Waals surface area contributed by atoms with Crippen molar-refractivity contribution in [1.82, 2.24) is 0 Å². The molecule has 1 atom stereocenters. The number of aliphatic hydroxyl groups is 1. The Balaban J connectivity index is 3.92. The SMILES string of the molecule is C/C=C/OCC(O)C[N+](C)(C)CC(=O)O. The smallest absolute Gasteiger partial charge is 0.359 e. The predicted molar refractivity (Wildman–Crippen MR) is 56.3 cm³/mol. The Labute approximate surface area is 90.2 Å². The van der Waals surface area contributed by atoms with Gasteiger partial charge < -0.3 is 19.4 Å². The number of ether oxygens (including phenoxy) is 1. The zero-order valence-corrected chi connectivity index (χ0v) is 9.51. The summed E-state index contributed by atoms with van der Waals surface area (Å²) in [5, 5.41) is 18.2. The number of likely N-dealkylation sites (N-methyl/N-ethyl adjacent to an activating group) is 1. The fourth-order valence-corrected chi connectivity index (χ4v) is 1.32. The molecule has 0 amide bonds. The summed E-state index contributed by atoms with van der Waals surface area (Å²) in [4.78, 5) is 10.5. The molecule has 5 heteroatoms. The first-order chi connectivity index (χ1) is 6.87. The van der Waals surface area contributed by atoms with Gasteiger partial charge in [0.2, 0.25) is 0 Å². The quantitative estimate of drug-likeness (QED) is 0.468. The second-order valence-electron chi connectivity index (χ2n) is 4.13. The topological polar surface area (TPSA) is 66.8 Å². The third kappa shape index (κ3) is 7.96. The molecular weight excluding hydrogens is 198 g/mol. The first-order valence-corrected chi connectivity index (χ1v) is 4.82. The molecule has 1 unspecified atom stereocenters. The van der Waals surface area contributed by atoms with Gasteiger partial charge in [-0.2, -0.15) is 0 Å². The van der Waals surface area contributed by atoms with E-state index in [-0.39, 0.29) is 17.6 Å². The Kier molecular flexibility index (Phi) is 5.96. The number of carbonyl (C=O) groups is 1. The lowest BCUT2D eigenvalue weighted by molar-refractivity contribution is -0.886. The van der Waals surface area contributed by atoms with Gasteiger partial charge in [0.05, 0.1) is 20.4 Å². The van der Waals surface area contributed by atoms with Gasteiger partial charge in [-0.3, -0.25) is 0 Å². The summed E-state index contributed by atoms with van der Waals surface area (Å²) in [6.07, 6.45) is 2.57. The van der Waals surface area contributed by atoms with E-state index in [1.165, 1.54) is 6.26 Å². The van der Waals surface area contributed by atoms with E-state index in [2.05, 4.69) is 0 Å². The standard InChI is InChI=1S/C10H19NO4/c1-4-5-15-8-9(12)6-11(2,3)7-10(13)14/h4-5,9,12H,6-8H2,1-3H3/p+1/b5-4+. The molecule has 0 aliphatic rings. The molecule has 5 nitrogen and oxygen atoms in total. The average molecular weight is 218 g/mol. The number of carboxylic acids is 1. The maximum Gasteiger partial charge on any atom is 0.359 e. The number of allylic oxidation sites excluding steroid dienone is 1. The Morgan fingerprint density at radius 2 is 2.13 bits per heavy atom. The fraction of sp³-hybridized carbons (Fsp3) is 0.700. The van der Waals surface area contributed by atoms with Crippen LogP contribution < -0.4 is 0 Å². The van der Waals surface area contributed by atoms with Gasteiger partial charge in [-0.15, -0.1) is 0 Å². The van der Waals surface area contributed by atoms with E-state index in [1.807, 2.05) is 6.92 Å². The first kappa shape index (κ1) is 13.9. The summed E-state index contributed by atoms with van der Waals surface area (Å²) in [7, 11) is 3.51. The van der Waals surface area contributed by atoms with Crippen LogP contribution in [-0.2, 0) is 9.53 Å². The Hall–Kier alpha value is -1.07. The van der Waals surface area contributed by atoms with E-state index < -0.39 is 12.1 Å². The zero-order valence-electron chi connectivity index (χ0n) is 9.51. The van der Waals surface area contributed by atoms with Crippen molar-refractivity contribution in [2.24, 2.45) is 0 Å². The van der Waals surface area contributed by atoms with Crippen molar-refractivity contribution in [3.05, 3.63) is 12.3 Å². The highest BCUT2D eigenvalue weighted by molar-refractivity contribution is 5.67. The fourth-order valence-electron chi connectivity index (χ4n) is 1.32. The lowest BCUT2D eigenvalue weighted by Gasteiger charge is -2.29. The number of nitrogens with zero attached hydrogens (tertiary/aromatic N) is 1. The van der Waals surface area contributed by atoms with E-state index in [0.29, 0.717) is 6.54 Å². The molecule has 0 aromatic rings. The van der Waals surface area contributed by atoms with Gasteiger partial charge in [-0.25, -0.2) is 4.79 Å². The van der Waals surface area contributed by atoms with Gasteiger partial charge in [0.15, 0.2) is 6.54 Å². The van der Waals surface area contributed by atoms with Crippen molar-refractivity contribution in [2.75, 3.05) is 33.8 Å². The molecule has 0 saturated carbocycles. The van der Waals surface area contributed by atoms with Gasteiger partial charge in [0.1, 0.15) is 19.3 Å². The van der Waals surface area contributed by atoms with Crippen LogP contribution in [0.3, 0.4) is 0 Å². The second-order valence-corrected chi connectivity index (χ2v) is 4.13. The van der Waals surface area contributed by atoms with Crippen LogP contribution in [-0.4, -0.2) is 60.6 Å². The van der Waals surface area contributed by atoms with E-state index in [1.54, 1.807) is 20.2 Å². The van der Waals surface area contributed by atoms with E-state index in [9.17, 15) is 9.90 Å². The highest BCUT2D eigenvalue weighted by Crippen LogP contribution is 2.00. The third-order valence-electron chi connectivity index (χ3n) is 1.79. The lowest BCUT2D eigenvalue weighted by Crippen LogP contribution is -2.49. The molecule has 0 aromatic carbocycles. The first-order valence-electron chi connectivity index (χ1n) is 4.82. The van der Waals surface area contributed by atoms with Crippen LogP contribution in [0.5, 0.6) is 0 Å². The van der Waals surface area contributed by atoms with Crippen LogP contribution >= 0.6 is 0 Å². The summed E-state index contributed by atoms with van der Waals surface area (Å²) in [6, 6.07) is 0. The molecule has 0 spiro atoms. The van der Waals surface area contributed by atoms with Crippen molar-refractivity contribution in [1.29, 1.82) is 0 Å². The number of quaternary nitrogens is 1. The molecule has 0 aliphatic heterocycles. The summed E-state index contributed by atoms with van der Waals surface area (Å²) in [6.45, 7) is 2.34. The van der Waals surface area contributed by atoms with Crippen molar-refractivity contribution in [3.8, 4) is 0 Å². The lowest BCUT2D eigenvalue weighted by atomic mass is 10.3. The number of carboxylic acid groups (broad SMARTS) is 1. The number of rotatable bonds is 7. The van der Waals surface area contributed by atoms with Crippen molar-refractivity contribution >= 4 is 5.97 Å². The number of aliphatic carboxylic acids is 1. The molecule has 0 heterocycles. The molecule has 0 radical (unpaired) electrons. The van der Waals surface area contributed by atoms with Crippen molar-refractivity contribution in [2.45, 2.75) is 13.0 Å². The maximum absolute atomic E-state index is 10.5. The molecule has 0 saturated heterocycles. The largest absolute Gasteiger partial charge is 0.499 e. The van der Waals surface area contributed by atoms with Crippen LogP contribution in [0.1, 0.15) is 6.92 Å². The van der Waals surface area contributed by atoms with E-state index >= 15 is 0 Å². The van der Waals surface area contributed by atoms with Crippen LogP contribution in [0.2, 0.25) is 0 Å². The maximum atomic E-state index is 10.5. The molecule has 15 heavy (non-hydrogen) atoms. The monoisotopic (exact) mass is 218 g/mol. The van der Waals surface area contributed by atoms with Gasteiger partial charge in [-0.1, -0.05) is 6.08 Å². The third-order valence-corrected chi connectivity index (χ3v) is 1.79. The highest BCUT2D eigenvalue weighted by Gasteiger charge is 2.23. The van der Waals surface area contributed by atoms with Crippen LogP contribution in [0.4, 0.5) is 0 Å². The van der Waals surface area contributed by atoms with Gasteiger partial charge in [0.25, 0.3) is 0 Å². The molecule has 0 aliphatic carbocycles. The Morgan fingerprint density at radius 3 is 2.60 bits per heavy atom. The normalized spacial score (nSPS) is 14.1. The molecule has 0 rings (SSSR count). The predicted octanol–water partition coefficient (Wildman–Crippen LogP) is 0.0585. The van der Waals surface area contributed by atoms with Gasteiger partial charge >= 0.3 is 5.97 Å². The summed E-state index contributed by atoms with van der Waals surface area (Å²) in [5.74, 6) is -0.874. The van der Waals surface area contributed by atoms with Crippen LogP contribution in [0.15, 0.2) is 12.3 Å². The van der Waals surface area contributed by atoms with Gasteiger partial charge in [-0.05, 0) is 6.92 Å². The molecule has 88 valence electrons. The second kappa shape index (κ2) is 6.42. The highest BCUT2D eigenvalue weighted by atomic mass is 16.5. The average Bonchev–Trinajstić information content (AvgIpc) is 2.00. The van der Waals surface area contributed by atoms with E-state index in [4.69, 9.17) is 9.84 Å². The Morgan fingerprint density at radius 1 is 1.53 bits per heavy atom. The summed E-state index contributed by atoms with van der Waals surface area (Å²) in [5.41, 5.74) is 0. The molecule has 2 N–H and O–H groups in total. The minimum Gasteiger partial charge on any atom is -0.499 e. The summed E-state index contributed by atoms with van der Waals surface area (Å²) < 4.78 is 5.24.